The van der Waals surface area contributed by atoms with E-state index in [9.17, 15) is 13.2 Å². The van der Waals surface area contributed by atoms with Gasteiger partial charge in [-0.15, -0.1) is 5.10 Å². The highest BCUT2D eigenvalue weighted by atomic mass is 35.5. The Labute approximate surface area is 131 Å². The molecular formula is C12H13ClN4O4S. The predicted molar refractivity (Wildman–Crippen MR) is 79.0 cm³/mol. The van der Waals surface area contributed by atoms with Crippen LogP contribution in [-0.2, 0) is 14.6 Å². The first kappa shape index (κ1) is 16.4. The smallest absolute Gasteiger partial charge is 0.336 e. The van der Waals surface area contributed by atoms with E-state index < -0.39 is 32.8 Å². The standard InChI is InChI=1S/C12H13ClN4O4S/c1-7(14)11-16-17-12(21-11)22(19,20)6-10(18)15-9-4-2-3-8(13)5-9/h2-5,7H,6,14H2,1H3,(H,15,18). The summed E-state index contributed by atoms with van der Waals surface area (Å²) in [7, 11) is -4.04. The summed E-state index contributed by atoms with van der Waals surface area (Å²) in [4.78, 5) is 11.8. The van der Waals surface area contributed by atoms with E-state index in [2.05, 4.69) is 15.5 Å². The molecule has 0 bridgehead atoms. The molecule has 0 aliphatic carbocycles. The van der Waals surface area contributed by atoms with E-state index in [1.165, 1.54) is 6.07 Å². The average molecular weight is 345 g/mol. The molecule has 3 N–H and O–H groups in total. The number of carbonyl (C=O) groups is 1. The number of amides is 1. The van der Waals surface area contributed by atoms with Crippen molar-refractivity contribution in [2.45, 2.75) is 18.2 Å². The number of halogens is 1. The van der Waals surface area contributed by atoms with Crippen molar-refractivity contribution in [3.63, 3.8) is 0 Å². The van der Waals surface area contributed by atoms with Gasteiger partial charge in [-0.05, 0) is 25.1 Å². The highest BCUT2D eigenvalue weighted by Gasteiger charge is 2.26. The molecule has 22 heavy (non-hydrogen) atoms. The Morgan fingerprint density at radius 2 is 2.18 bits per heavy atom. The van der Waals surface area contributed by atoms with Crippen LogP contribution in [0.2, 0.25) is 5.02 Å². The van der Waals surface area contributed by atoms with Crippen LogP contribution < -0.4 is 11.1 Å². The maximum Gasteiger partial charge on any atom is 0.336 e. The first-order valence-electron chi connectivity index (χ1n) is 6.15. The van der Waals surface area contributed by atoms with Gasteiger partial charge in [0, 0.05) is 10.7 Å². The van der Waals surface area contributed by atoms with Gasteiger partial charge in [0.25, 0.3) is 0 Å². The molecule has 2 rings (SSSR count). The minimum atomic E-state index is -4.04. The lowest BCUT2D eigenvalue weighted by Gasteiger charge is -2.04. The first-order valence-corrected chi connectivity index (χ1v) is 8.18. The summed E-state index contributed by atoms with van der Waals surface area (Å²) in [6.07, 6.45) is 0. The van der Waals surface area contributed by atoms with Crippen LogP contribution >= 0.6 is 11.6 Å². The van der Waals surface area contributed by atoms with Crippen molar-refractivity contribution in [2.24, 2.45) is 5.73 Å². The SMILES string of the molecule is CC(N)c1nnc(S(=O)(=O)CC(=O)Nc2cccc(Cl)c2)o1. The van der Waals surface area contributed by atoms with Crippen molar-refractivity contribution >= 4 is 33.0 Å². The Bertz CT molecular complexity index is 788. The van der Waals surface area contributed by atoms with E-state index in [4.69, 9.17) is 21.8 Å². The third kappa shape index (κ3) is 4.03. The lowest BCUT2D eigenvalue weighted by Crippen LogP contribution is -2.23. The fraction of sp³-hybridized carbons (Fsp3) is 0.250. The Morgan fingerprint density at radius 1 is 1.45 bits per heavy atom. The van der Waals surface area contributed by atoms with Gasteiger partial charge in [-0.3, -0.25) is 4.79 Å². The minimum absolute atomic E-state index is 0.0196. The van der Waals surface area contributed by atoms with E-state index in [0.29, 0.717) is 10.7 Å². The summed E-state index contributed by atoms with van der Waals surface area (Å²) >= 11 is 5.78. The molecule has 0 saturated heterocycles. The van der Waals surface area contributed by atoms with Crippen LogP contribution in [0.3, 0.4) is 0 Å². The number of nitrogens with zero attached hydrogens (tertiary/aromatic N) is 2. The van der Waals surface area contributed by atoms with Crippen molar-refractivity contribution in [2.75, 3.05) is 11.1 Å². The number of aromatic nitrogens is 2. The van der Waals surface area contributed by atoms with Crippen molar-refractivity contribution in [3.8, 4) is 0 Å². The summed E-state index contributed by atoms with van der Waals surface area (Å²) in [5.74, 6) is -1.60. The van der Waals surface area contributed by atoms with E-state index in [0.717, 1.165) is 0 Å². The van der Waals surface area contributed by atoms with Gasteiger partial charge >= 0.3 is 5.22 Å². The highest BCUT2D eigenvalue weighted by molar-refractivity contribution is 7.91. The molecule has 0 radical (unpaired) electrons. The maximum absolute atomic E-state index is 12.0. The number of sulfone groups is 1. The summed E-state index contributed by atoms with van der Waals surface area (Å²) in [5.41, 5.74) is 5.89. The van der Waals surface area contributed by atoms with Gasteiger partial charge in [-0.2, -0.15) is 0 Å². The molecule has 118 valence electrons. The van der Waals surface area contributed by atoms with Crippen LogP contribution in [0.5, 0.6) is 0 Å². The Balaban J connectivity index is 2.09. The molecule has 10 heteroatoms. The second kappa shape index (κ2) is 6.42. The topological polar surface area (TPSA) is 128 Å². The van der Waals surface area contributed by atoms with Crippen LogP contribution in [0.1, 0.15) is 18.9 Å². The van der Waals surface area contributed by atoms with Crippen molar-refractivity contribution in [1.29, 1.82) is 0 Å². The lowest BCUT2D eigenvalue weighted by molar-refractivity contribution is -0.113. The molecule has 1 atom stereocenters. The molecule has 8 nitrogen and oxygen atoms in total. The molecule has 0 fully saturated rings. The van der Waals surface area contributed by atoms with E-state index in [1.54, 1.807) is 25.1 Å². The quantitative estimate of drug-likeness (QED) is 0.832. The predicted octanol–water partition coefficient (Wildman–Crippen LogP) is 1.16. The number of carbonyl (C=O) groups excluding carboxylic acids is 1. The number of rotatable bonds is 5. The second-order valence-electron chi connectivity index (χ2n) is 4.51. The van der Waals surface area contributed by atoms with Gasteiger partial charge < -0.3 is 15.5 Å². The number of nitrogens with two attached hydrogens (primary N) is 1. The molecule has 1 heterocycles. The lowest BCUT2D eigenvalue weighted by atomic mass is 10.3. The molecular weight excluding hydrogens is 332 g/mol. The van der Waals surface area contributed by atoms with Gasteiger partial charge in [0.2, 0.25) is 21.6 Å². The molecule has 0 aliphatic rings. The van der Waals surface area contributed by atoms with Crippen molar-refractivity contribution in [3.05, 3.63) is 35.2 Å². The molecule has 2 aromatic rings. The Hall–Kier alpha value is -1.97. The zero-order valence-corrected chi connectivity index (χ0v) is 13.1. The third-order valence-electron chi connectivity index (χ3n) is 2.51. The highest BCUT2D eigenvalue weighted by Crippen LogP contribution is 2.16. The molecule has 1 amide bonds. The van der Waals surface area contributed by atoms with Gasteiger partial charge in [0.15, 0.2) is 0 Å². The monoisotopic (exact) mass is 344 g/mol. The molecule has 1 unspecified atom stereocenters. The van der Waals surface area contributed by atoms with Crippen molar-refractivity contribution in [1.82, 2.24) is 10.2 Å². The van der Waals surface area contributed by atoms with Gasteiger partial charge in [0.1, 0.15) is 5.75 Å². The number of anilines is 1. The fourth-order valence-corrected chi connectivity index (χ4v) is 2.64. The summed E-state index contributed by atoms with van der Waals surface area (Å²) in [5, 5.41) is 9.11. The normalized spacial score (nSPS) is 12.9. The number of hydrogen-bond donors (Lipinski definition) is 2. The molecule has 0 saturated carbocycles. The van der Waals surface area contributed by atoms with Crippen LogP contribution in [0.4, 0.5) is 5.69 Å². The number of nitrogens with one attached hydrogen (secondary N) is 1. The zero-order chi connectivity index (χ0) is 16.3. The van der Waals surface area contributed by atoms with Crippen LogP contribution in [0.15, 0.2) is 33.9 Å². The minimum Gasteiger partial charge on any atom is -0.411 e. The maximum atomic E-state index is 12.0. The Kier molecular flexibility index (Phi) is 4.79. The zero-order valence-electron chi connectivity index (χ0n) is 11.5. The summed E-state index contributed by atoms with van der Waals surface area (Å²) in [6, 6.07) is 5.72. The van der Waals surface area contributed by atoms with Crippen LogP contribution in [-0.4, -0.2) is 30.3 Å². The summed E-state index contributed by atoms with van der Waals surface area (Å²) < 4.78 is 29.0. The van der Waals surface area contributed by atoms with E-state index in [-0.39, 0.29) is 5.89 Å². The second-order valence-corrected chi connectivity index (χ2v) is 6.82. The van der Waals surface area contributed by atoms with Crippen LogP contribution in [0.25, 0.3) is 0 Å². The third-order valence-corrected chi connectivity index (χ3v) is 4.08. The van der Waals surface area contributed by atoms with Gasteiger partial charge in [0.05, 0.1) is 6.04 Å². The first-order chi connectivity index (χ1) is 10.3. The fourth-order valence-electron chi connectivity index (χ4n) is 1.53. The molecule has 1 aromatic heterocycles. The number of benzene rings is 1. The van der Waals surface area contributed by atoms with Crippen LogP contribution in [0, 0.1) is 0 Å². The summed E-state index contributed by atoms with van der Waals surface area (Å²) in [6.45, 7) is 1.57. The van der Waals surface area contributed by atoms with Gasteiger partial charge in [-0.1, -0.05) is 22.8 Å². The van der Waals surface area contributed by atoms with E-state index >= 15 is 0 Å². The largest absolute Gasteiger partial charge is 0.411 e. The number of hydrogen-bond acceptors (Lipinski definition) is 7. The Morgan fingerprint density at radius 3 is 2.77 bits per heavy atom. The van der Waals surface area contributed by atoms with E-state index in [1.807, 2.05) is 0 Å². The van der Waals surface area contributed by atoms with Crippen molar-refractivity contribution < 1.29 is 17.6 Å². The molecule has 0 spiro atoms. The van der Waals surface area contributed by atoms with Gasteiger partial charge in [-0.25, -0.2) is 8.42 Å². The molecule has 0 aliphatic heterocycles. The molecule has 1 aromatic carbocycles. The average Bonchev–Trinajstić information content (AvgIpc) is 2.88.